The number of thiophene rings is 1. The van der Waals surface area contributed by atoms with Gasteiger partial charge in [-0.25, -0.2) is 0 Å². The third-order valence-electron chi connectivity index (χ3n) is 6.05. The second kappa shape index (κ2) is 13.6. The quantitative estimate of drug-likeness (QED) is 0.257. The molecule has 0 aliphatic rings. The normalized spacial score (nSPS) is 13.1. The van der Waals surface area contributed by atoms with E-state index in [1.165, 1.54) is 0 Å². The first-order valence-electron chi connectivity index (χ1n) is 12.6. The minimum atomic E-state index is 0.666. The molecule has 0 fully saturated rings. The van der Waals surface area contributed by atoms with Crippen molar-refractivity contribution in [1.82, 2.24) is 25.4 Å². The average Bonchev–Trinajstić information content (AvgIpc) is 3.56. The SMILES string of the molecule is C=C\C(=C/C(=C\C)C(/C)=C/C=c1/[nH]nc(C(=C)Nc2ccnc(-c3cccs3)c2C)c1=C)NC(=C)CN(C)C. The van der Waals surface area contributed by atoms with E-state index in [4.69, 9.17) is 0 Å². The summed E-state index contributed by atoms with van der Waals surface area (Å²) in [6.07, 6.45) is 11.8. The van der Waals surface area contributed by atoms with E-state index in [2.05, 4.69) is 94.5 Å². The number of rotatable bonds is 12. The van der Waals surface area contributed by atoms with Gasteiger partial charge in [0.05, 0.1) is 21.6 Å². The number of hydrogen-bond acceptors (Lipinski definition) is 6. The number of nitrogens with zero attached hydrogens (tertiary/aromatic N) is 3. The van der Waals surface area contributed by atoms with Gasteiger partial charge >= 0.3 is 0 Å². The molecule has 0 saturated heterocycles. The number of anilines is 1. The zero-order valence-electron chi connectivity index (χ0n) is 23.6. The fourth-order valence-electron chi connectivity index (χ4n) is 3.99. The van der Waals surface area contributed by atoms with Crippen molar-refractivity contribution in [1.29, 1.82) is 0 Å². The van der Waals surface area contributed by atoms with Crippen LogP contribution >= 0.6 is 11.3 Å². The lowest BCUT2D eigenvalue weighted by Crippen LogP contribution is -2.23. The first-order valence-corrected chi connectivity index (χ1v) is 13.5. The molecule has 0 unspecified atom stereocenters. The van der Waals surface area contributed by atoms with Crippen molar-refractivity contribution in [2.75, 3.05) is 26.0 Å². The van der Waals surface area contributed by atoms with Gasteiger partial charge in [-0.1, -0.05) is 44.5 Å². The van der Waals surface area contributed by atoms with E-state index < -0.39 is 0 Å². The molecule has 0 aliphatic heterocycles. The van der Waals surface area contributed by atoms with E-state index in [1.807, 2.05) is 45.3 Å². The second-order valence-electron chi connectivity index (χ2n) is 9.41. The van der Waals surface area contributed by atoms with Gasteiger partial charge in [-0.2, -0.15) is 5.10 Å². The Labute approximate surface area is 235 Å². The lowest BCUT2D eigenvalue weighted by molar-refractivity contribution is 0.438. The van der Waals surface area contributed by atoms with Crippen LogP contribution in [0.3, 0.4) is 0 Å². The van der Waals surface area contributed by atoms with Crippen molar-refractivity contribution in [3.8, 4) is 10.6 Å². The monoisotopic (exact) mass is 538 g/mol. The predicted molar refractivity (Wildman–Crippen MR) is 169 cm³/mol. The van der Waals surface area contributed by atoms with E-state index >= 15 is 0 Å². The molecular formula is C32H38N6S. The number of aromatic amines is 1. The molecule has 0 saturated carbocycles. The number of nitrogens with one attached hydrogen (secondary N) is 3. The Bertz CT molecular complexity index is 1550. The van der Waals surface area contributed by atoms with E-state index in [0.717, 1.165) is 61.5 Å². The summed E-state index contributed by atoms with van der Waals surface area (Å²) >= 11 is 1.67. The molecule has 0 aromatic carbocycles. The molecule has 3 N–H and O–H groups in total. The molecule has 39 heavy (non-hydrogen) atoms. The van der Waals surface area contributed by atoms with Crippen LogP contribution in [0.15, 0.2) is 96.4 Å². The van der Waals surface area contributed by atoms with Crippen LogP contribution in [0.5, 0.6) is 0 Å². The molecule has 0 amide bonds. The molecule has 3 heterocycles. The van der Waals surface area contributed by atoms with E-state index in [0.29, 0.717) is 11.4 Å². The van der Waals surface area contributed by atoms with Gasteiger partial charge in [-0.15, -0.1) is 11.3 Å². The van der Waals surface area contributed by atoms with Crippen molar-refractivity contribution < 1.29 is 0 Å². The number of pyridine rings is 1. The Kier molecular flexibility index (Phi) is 10.2. The number of allylic oxidation sites excluding steroid dienone is 6. The maximum absolute atomic E-state index is 4.56. The van der Waals surface area contributed by atoms with E-state index in [1.54, 1.807) is 23.6 Å². The number of likely N-dealkylation sites (N-methyl/N-ethyl adjacent to an activating group) is 1. The summed E-state index contributed by atoms with van der Waals surface area (Å²) in [5.41, 5.74) is 8.24. The number of H-pyrrole nitrogens is 1. The van der Waals surface area contributed by atoms with Gasteiger partial charge in [0, 0.05) is 35.0 Å². The third-order valence-corrected chi connectivity index (χ3v) is 6.93. The summed E-state index contributed by atoms with van der Waals surface area (Å²) in [6.45, 7) is 23.4. The molecule has 0 bridgehead atoms. The highest BCUT2D eigenvalue weighted by Gasteiger charge is 2.11. The van der Waals surface area contributed by atoms with Gasteiger partial charge in [0.2, 0.25) is 0 Å². The molecule has 3 aromatic heterocycles. The molecule has 3 aromatic rings. The first kappa shape index (κ1) is 29.4. The van der Waals surface area contributed by atoms with Crippen LogP contribution < -0.4 is 21.2 Å². The molecule has 0 aliphatic carbocycles. The van der Waals surface area contributed by atoms with E-state index in [-0.39, 0.29) is 0 Å². The van der Waals surface area contributed by atoms with Crippen LogP contribution in [0, 0.1) is 6.92 Å². The second-order valence-corrected chi connectivity index (χ2v) is 10.4. The van der Waals surface area contributed by atoms with Gasteiger partial charge in [0.25, 0.3) is 0 Å². The first-order chi connectivity index (χ1) is 18.6. The van der Waals surface area contributed by atoms with Crippen LogP contribution in [-0.2, 0) is 0 Å². The number of aromatic nitrogens is 3. The standard InChI is InChI=1S/C32H38N6S/c1-10-26(19-27(11-2)34-22(4)20-38(8)9)21(3)14-15-29-24(6)31(37-36-29)25(7)35-28-16-17-33-32(23(28)5)30-13-12-18-39-30/h10-19,34,36H,2,4,6-7,20H2,1,3,5,8-9H3,(H,33,35)/b21-14+,26-10+,27-19+,29-15+. The highest BCUT2D eigenvalue weighted by atomic mass is 32.1. The Morgan fingerprint density at radius 2 is 2.00 bits per heavy atom. The predicted octanol–water partition coefficient (Wildman–Crippen LogP) is 5.74. The van der Waals surface area contributed by atoms with Crippen molar-refractivity contribution in [3.63, 3.8) is 0 Å². The van der Waals surface area contributed by atoms with Crippen molar-refractivity contribution in [3.05, 3.63) is 118 Å². The minimum absolute atomic E-state index is 0.666. The molecule has 202 valence electrons. The zero-order valence-corrected chi connectivity index (χ0v) is 24.4. The minimum Gasteiger partial charge on any atom is -0.358 e. The Balaban J connectivity index is 1.80. The molecule has 0 atom stereocenters. The van der Waals surface area contributed by atoms with Crippen LogP contribution in [0.1, 0.15) is 25.1 Å². The average molecular weight is 539 g/mol. The highest BCUT2D eigenvalue weighted by Crippen LogP contribution is 2.30. The molecule has 6 nitrogen and oxygen atoms in total. The van der Waals surface area contributed by atoms with Crippen LogP contribution in [0.4, 0.5) is 5.69 Å². The fourth-order valence-corrected chi connectivity index (χ4v) is 4.77. The maximum atomic E-state index is 4.56. The lowest BCUT2D eigenvalue weighted by atomic mass is 10.1. The van der Waals surface area contributed by atoms with Gasteiger partial charge in [0.15, 0.2) is 0 Å². The smallest absolute Gasteiger partial charge is 0.115 e. The summed E-state index contributed by atoms with van der Waals surface area (Å²) in [6, 6.07) is 6.05. The Morgan fingerprint density at radius 1 is 1.23 bits per heavy atom. The molecule has 0 radical (unpaired) electrons. The summed E-state index contributed by atoms with van der Waals surface area (Å²) in [5, 5.41) is 18.0. The maximum Gasteiger partial charge on any atom is 0.115 e. The van der Waals surface area contributed by atoms with Crippen molar-refractivity contribution in [2.24, 2.45) is 0 Å². The van der Waals surface area contributed by atoms with Crippen molar-refractivity contribution in [2.45, 2.75) is 20.8 Å². The molecular weight excluding hydrogens is 500 g/mol. The third kappa shape index (κ3) is 7.66. The van der Waals surface area contributed by atoms with Gasteiger partial charge in [-0.05, 0) is 87.3 Å². The lowest BCUT2D eigenvalue weighted by Gasteiger charge is -2.15. The number of hydrogen-bond donors (Lipinski definition) is 3. The molecule has 7 heteroatoms. The van der Waals surface area contributed by atoms with Gasteiger partial charge < -0.3 is 15.5 Å². The molecule has 3 rings (SSSR count). The van der Waals surface area contributed by atoms with E-state index in [9.17, 15) is 0 Å². The van der Waals surface area contributed by atoms with Gasteiger partial charge in [-0.3, -0.25) is 10.1 Å². The Hall–Kier alpha value is -4.20. The highest BCUT2D eigenvalue weighted by molar-refractivity contribution is 7.13. The van der Waals surface area contributed by atoms with Crippen LogP contribution in [-0.4, -0.2) is 40.7 Å². The zero-order chi connectivity index (χ0) is 28.5. The topological polar surface area (TPSA) is 68.9 Å². The summed E-state index contributed by atoms with van der Waals surface area (Å²) in [7, 11) is 4.02. The summed E-state index contributed by atoms with van der Waals surface area (Å²) in [4.78, 5) is 7.75. The van der Waals surface area contributed by atoms with Crippen LogP contribution in [0.25, 0.3) is 28.9 Å². The summed E-state index contributed by atoms with van der Waals surface area (Å²) in [5.74, 6) is 0. The summed E-state index contributed by atoms with van der Waals surface area (Å²) < 4.78 is 0. The fraction of sp³-hybridized carbons (Fsp3) is 0.188. The Morgan fingerprint density at radius 3 is 2.64 bits per heavy atom. The van der Waals surface area contributed by atoms with Gasteiger partial charge in [0.1, 0.15) is 5.69 Å². The van der Waals surface area contributed by atoms with Crippen molar-refractivity contribution >= 4 is 35.4 Å². The van der Waals surface area contributed by atoms with Crippen LogP contribution in [0.2, 0.25) is 0 Å². The molecule has 0 spiro atoms. The largest absolute Gasteiger partial charge is 0.358 e.